The highest BCUT2D eigenvalue weighted by atomic mass is 16.5. The van der Waals surface area contributed by atoms with E-state index in [1.54, 1.807) is 4.68 Å². The van der Waals surface area contributed by atoms with Crippen molar-refractivity contribution in [3.8, 4) is 0 Å². The first-order valence-corrected chi connectivity index (χ1v) is 9.12. The van der Waals surface area contributed by atoms with Crippen LogP contribution in [0.5, 0.6) is 0 Å². The lowest BCUT2D eigenvalue weighted by atomic mass is 9.98. The third-order valence-corrected chi connectivity index (χ3v) is 5.53. The quantitative estimate of drug-likeness (QED) is 0.841. The Kier molecular flexibility index (Phi) is 5.56. The van der Waals surface area contributed by atoms with Gasteiger partial charge in [-0.2, -0.15) is 5.10 Å². The summed E-state index contributed by atoms with van der Waals surface area (Å²) in [5, 5.41) is 4.32. The van der Waals surface area contributed by atoms with Crippen LogP contribution in [0.25, 0.3) is 0 Å². The van der Waals surface area contributed by atoms with Crippen molar-refractivity contribution in [2.45, 2.75) is 38.6 Å². The lowest BCUT2D eigenvalue weighted by molar-refractivity contribution is 0.0290. The van der Waals surface area contributed by atoms with Crippen molar-refractivity contribution in [1.82, 2.24) is 19.6 Å². The van der Waals surface area contributed by atoms with Gasteiger partial charge in [0.25, 0.3) is 5.91 Å². The topological polar surface area (TPSA) is 50.6 Å². The molecule has 0 saturated carbocycles. The lowest BCUT2D eigenvalue weighted by Gasteiger charge is -2.38. The van der Waals surface area contributed by atoms with Gasteiger partial charge in [0, 0.05) is 52.1 Å². The highest BCUT2D eigenvalue weighted by Crippen LogP contribution is 2.21. The lowest BCUT2D eigenvalue weighted by Crippen LogP contribution is -2.47. The first kappa shape index (κ1) is 17.4. The Labute approximate surface area is 144 Å². The second-order valence-electron chi connectivity index (χ2n) is 7.33. The van der Waals surface area contributed by atoms with Gasteiger partial charge < -0.3 is 14.5 Å². The Morgan fingerprint density at radius 3 is 2.71 bits per heavy atom. The number of rotatable bonds is 4. The van der Waals surface area contributed by atoms with Gasteiger partial charge in [-0.1, -0.05) is 0 Å². The van der Waals surface area contributed by atoms with Crippen LogP contribution in [0.1, 0.15) is 41.9 Å². The minimum atomic E-state index is 0.0397. The molecule has 2 aliphatic rings. The molecule has 1 aromatic rings. The summed E-state index contributed by atoms with van der Waals surface area (Å²) in [5.74, 6) is 0.726. The van der Waals surface area contributed by atoms with Crippen molar-refractivity contribution in [2.75, 3.05) is 39.9 Å². The second kappa shape index (κ2) is 7.66. The molecule has 1 unspecified atom stereocenters. The molecule has 1 atom stereocenters. The number of carbonyl (C=O) groups is 1. The standard InChI is InChI=1S/C18H30N4O2/c1-14-11-17(19-21(14)3)18(23)20(2)16-6-8-22(9-7-16)12-15-5-4-10-24-13-15/h11,15-16H,4-10,12-13H2,1-3H3. The molecule has 134 valence electrons. The predicted octanol–water partition coefficient (Wildman–Crippen LogP) is 1.69. The average molecular weight is 334 g/mol. The molecule has 0 bridgehead atoms. The van der Waals surface area contributed by atoms with Crippen LogP contribution in [-0.4, -0.2) is 71.4 Å². The molecule has 0 aliphatic carbocycles. The van der Waals surface area contributed by atoms with E-state index in [0.717, 1.165) is 51.4 Å². The van der Waals surface area contributed by atoms with Crippen molar-refractivity contribution < 1.29 is 9.53 Å². The van der Waals surface area contributed by atoms with E-state index in [2.05, 4.69) is 10.00 Å². The van der Waals surface area contributed by atoms with Crippen LogP contribution in [0, 0.1) is 12.8 Å². The molecule has 1 aromatic heterocycles. The van der Waals surface area contributed by atoms with Crippen molar-refractivity contribution in [2.24, 2.45) is 13.0 Å². The SMILES string of the molecule is Cc1cc(C(=O)N(C)C2CCN(CC3CCCOC3)CC2)nn1C. The molecule has 3 heterocycles. The molecule has 6 nitrogen and oxygen atoms in total. The van der Waals surface area contributed by atoms with Gasteiger partial charge in [-0.05, 0) is 44.6 Å². The van der Waals surface area contributed by atoms with Crippen molar-refractivity contribution in [3.05, 3.63) is 17.5 Å². The number of hydrogen-bond acceptors (Lipinski definition) is 4. The highest BCUT2D eigenvalue weighted by Gasteiger charge is 2.28. The highest BCUT2D eigenvalue weighted by molar-refractivity contribution is 5.92. The fraction of sp³-hybridized carbons (Fsp3) is 0.778. The number of amides is 1. The summed E-state index contributed by atoms with van der Waals surface area (Å²) in [6.07, 6.45) is 4.57. The van der Waals surface area contributed by atoms with Crippen molar-refractivity contribution in [1.29, 1.82) is 0 Å². The molecule has 0 spiro atoms. The maximum absolute atomic E-state index is 12.6. The molecule has 0 N–H and O–H groups in total. The van der Waals surface area contributed by atoms with Crippen LogP contribution in [0.3, 0.4) is 0 Å². The van der Waals surface area contributed by atoms with E-state index in [-0.39, 0.29) is 5.91 Å². The summed E-state index contributed by atoms with van der Waals surface area (Å²) in [5.41, 5.74) is 1.57. The Hall–Kier alpha value is -1.40. The number of nitrogens with zero attached hydrogens (tertiary/aromatic N) is 4. The smallest absolute Gasteiger partial charge is 0.274 e. The Bertz CT molecular complexity index is 538. The summed E-state index contributed by atoms with van der Waals surface area (Å²) in [6, 6.07) is 2.19. The molecule has 2 fully saturated rings. The molecule has 24 heavy (non-hydrogen) atoms. The maximum Gasteiger partial charge on any atom is 0.274 e. The number of likely N-dealkylation sites (tertiary alicyclic amines) is 1. The van der Waals surface area contributed by atoms with Crippen LogP contribution in [0.2, 0.25) is 0 Å². The molecule has 1 amide bonds. The van der Waals surface area contributed by atoms with Crippen LogP contribution in [0.15, 0.2) is 6.07 Å². The monoisotopic (exact) mass is 334 g/mol. The summed E-state index contributed by atoms with van der Waals surface area (Å²) in [7, 11) is 3.79. The number of hydrogen-bond donors (Lipinski definition) is 0. The van der Waals surface area contributed by atoms with E-state index in [1.165, 1.54) is 12.8 Å². The van der Waals surface area contributed by atoms with Gasteiger partial charge in [0.15, 0.2) is 5.69 Å². The molecule has 3 rings (SSSR count). The Morgan fingerprint density at radius 2 is 2.12 bits per heavy atom. The number of aryl methyl sites for hydroxylation is 2. The number of piperidine rings is 1. The van der Waals surface area contributed by atoms with Crippen LogP contribution < -0.4 is 0 Å². The largest absolute Gasteiger partial charge is 0.381 e. The van der Waals surface area contributed by atoms with Gasteiger partial charge in [-0.15, -0.1) is 0 Å². The molecule has 2 saturated heterocycles. The van der Waals surface area contributed by atoms with E-state index in [9.17, 15) is 4.79 Å². The summed E-state index contributed by atoms with van der Waals surface area (Å²) >= 11 is 0. The minimum Gasteiger partial charge on any atom is -0.381 e. The van der Waals surface area contributed by atoms with E-state index < -0.39 is 0 Å². The molecule has 0 aromatic carbocycles. The predicted molar refractivity (Wildman–Crippen MR) is 93.0 cm³/mol. The summed E-state index contributed by atoms with van der Waals surface area (Å²) < 4.78 is 7.35. The molecule has 0 radical (unpaired) electrons. The first-order chi connectivity index (χ1) is 11.5. The van der Waals surface area contributed by atoms with E-state index >= 15 is 0 Å². The van der Waals surface area contributed by atoms with E-state index in [1.807, 2.05) is 32.0 Å². The van der Waals surface area contributed by atoms with Crippen LogP contribution >= 0.6 is 0 Å². The number of carbonyl (C=O) groups excluding carboxylic acids is 1. The van der Waals surface area contributed by atoms with Gasteiger partial charge in [-0.3, -0.25) is 9.48 Å². The van der Waals surface area contributed by atoms with Crippen LogP contribution in [0.4, 0.5) is 0 Å². The molecular formula is C18H30N4O2. The normalized spacial score (nSPS) is 23.4. The zero-order valence-electron chi connectivity index (χ0n) is 15.2. The van der Waals surface area contributed by atoms with E-state index in [4.69, 9.17) is 4.74 Å². The van der Waals surface area contributed by atoms with Gasteiger partial charge in [0.1, 0.15) is 0 Å². The summed E-state index contributed by atoms with van der Waals surface area (Å²) in [4.78, 5) is 17.1. The fourth-order valence-electron chi connectivity index (χ4n) is 3.82. The number of ether oxygens (including phenoxy) is 1. The molecular weight excluding hydrogens is 304 g/mol. The Balaban J connectivity index is 1.49. The Morgan fingerprint density at radius 1 is 1.38 bits per heavy atom. The van der Waals surface area contributed by atoms with Gasteiger partial charge in [0.2, 0.25) is 0 Å². The molecule has 2 aliphatic heterocycles. The van der Waals surface area contributed by atoms with Crippen molar-refractivity contribution in [3.63, 3.8) is 0 Å². The second-order valence-corrected chi connectivity index (χ2v) is 7.33. The third kappa shape index (κ3) is 3.98. The van der Waals surface area contributed by atoms with Gasteiger partial charge in [-0.25, -0.2) is 0 Å². The maximum atomic E-state index is 12.6. The fourth-order valence-corrected chi connectivity index (χ4v) is 3.82. The minimum absolute atomic E-state index is 0.0397. The van der Waals surface area contributed by atoms with E-state index in [0.29, 0.717) is 17.7 Å². The zero-order chi connectivity index (χ0) is 17.1. The zero-order valence-corrected chi connectivity index (χ0v) is 15.2. The molecule has 6 heteroatoms. The third-order valence-electron chi connectivity index (χ3n) is 5.53. The number of aromatic nitrogens is 2. The van der Waals surface area contributed by atoms with Gasteiger partial charge in [0.05, 0.1) is 6.61 Å². The van der Waals surface area contributed by atoms with Gasteiger partial charge >= 0.3 is 0 Å². The summed E-state index contributed by atoms with van der Waals surface area (Å²) in [6.45, 7) is 7.09. The first-order valence-electron chi connectivity index (χ1n) is 9.12. The van der Waals surface area contributed by atoms with Crippen molar-refractivity contribution >= 4 is 5.91 Å². The average Bonchev–Trinajstić information content (AvgIpc) is 2.94. The van der Waals surface area contributed by atoms with Crippen LogP contribution in [-0.2, 0) is 11.8 Å².